The lowest BCUT2D eigenvalue weighted by molar-refractivity contribution is 0.595. The van der Waals surface area contributed by atoms with Gasteiger partial charge in [-0.3, -0.25) is 0 Å². The number of nitrogens with two attached hydrogens (primary N) is 1. The fourth-order valence-corrected chi connectivity index (χ4v) is 1.84. The Balaban J connectivity index is 2.43. The van der Waals surface area contributed by atoms with Gasteiger partial charge in [-0.05, 0) is 20.3 Å². The van der Waals surface area contributed by atoms with Gasteiger partial charge in [0, 0.05) is 18.3 Å². The van der Waals surface area contributed by atoms with E-state index in [-0.39, 0.29) is 5.75 Å². The van der Waals surface area contributed by atoms with Crippen molar-refractivity contribution in [2.75, 3.05) is 17.6 Å². The van der Waals surface area contributed by atoms with E-state index in [2.05, 4.69) is 15.3 Å². The molecule has 0 aliphatic rings. The molecule has 1 aromatic rings. The van der Waals surface area contributed by atoms with Crippen molar-refractivity contribution in [1.29, 1.82) is 0 Å². The Kier molecular flexibility index (Phi) is 4.19. The highest BCUT2D eigenvalue weighted by molar-refractivity contribution is 7.89. The smallest absolute Gasteiger partial charge is 0.209 e. The molecule has 90 valence electrons. The van der Waals surface area contributed by atoms with Gasteiger partial charge in [-0.25, -0.2) is 23.5 Å². The number of aryl methyl sites for hydroxylation is 2. The van der Waals surface area contributed by atoms with E-state index in [0.717, 1.165) is 5.69 Å². The number of nitrogens with zero attached hydrogens (tertiary/aromatic N) is 2. The van der Waals surface area contributed by atoms with Gasteiger partial charge in [0.1, 0.15) is 11.6 Å². The highest BCUT2D eigenvalue weighted by atomic mass is 32.2. The minimum atomic E-state index is -3.37. The maximum atomic E-state index is 10.7. The molecule has 3 N–H and O–H groups in total. The first-order valence-corrected chi connectivity index (χ1v) is 6.65. The highest BCUT2D eigenvalue weighted by Gasteiger charge is 2.02. The van der Waals surface area contributed by atoms with E-state index in [0.29, 0.717) is 24.6 Å². The van der Waals surface area contributed by atoms with Gasteiger partial charge in [0.15, 0.2) is 0 Å². The molecule has 0 spiro atoms. The molecule has 0 aromatic carbocycles. The third kappa shape index (κ3) is 5.04. The van der Waals surface area contributed by atoms with Gasteiger partial charge < -0.3 is 5.32 Å². The van der Waals surface area contributed by atoms with Crippen molar-refractivity contribution in [2.45, 2.75) is 20.3 Å². The standard InChI is InChI=1S/C9H16N4O2S/c1-7-6-9(13-8(2)12-7)11-4-3-5-16(10,14)15/h6H,3-5H2,1-2H3,(H2,10,14,15)(H,11,12,13). The summed E-state index contributed by atoms with van der Waals surface area (Å²) in [4.78, 5) is 8.30. The molecule has 0 aliphatic carbocycles. The average Bonchev–Trinajstić information content (AvgIpc) is 2.09. The lowest BCUT2D eigenvalue weighted by Crippen LogP contribution is -2.19. The summed E-state index contributed by atoms with van der Waals surface area (Å²) in [7, 11) is -3.37. The highest BCUT2D eigenvalue weighted by Crippen LogP contribution is 2.05. The zero-order valence-corrected chi connectivity index (χ0v) is 10.2. The molecule has 6 nitrogen and oxygen atoms in total. The van der Waals surface area contributed by atoms with E-state index in [1.807, 2.05) is 19.9 Å². The van der Waals surface area contributed by atoms with E-state index in [1.54, 1.807) is 0 Å². The van der Waals surface area contributed by atoms with Crippen LogP contribution in [0.1, 0.15) is 17.9 Å². The zero-order valence-electron chi connectivity index (χ0n) is 9.40. The predicted molar refractivity (Wildman–Crippen MR) is 62.6 cm³/mol. The summed E-state index contributed by atoms with van der Waals surface area (Å²) in [5.74, 6) is 1.37. The van der Waals surface area contributed by atoms with Crippen molar-refractivity contribution >= 4 is 15.8 Å². The molecule has 0 amide bonds. The summed E-state index contributed by atoms with van der Waals surface area (Å²) in [6, 6.07) is 1.81. The molecule has 1 heterocycles. The second-order valence-corrected chi connectivity index (χ2v) is 5.32. The monoisotopic (exact) mass is 244 g/mol. The number of hydrogen-bond acceptors (Lipinski definition) is 5. The van der Waals surface area contributed by atoms with Gasteiger partial charge in [-0.2, -0.15) is 0 Å². The average molecular weight is 244 g/mol. The van der Waals surface area contributed by atoms with Gasteiger partial charge in [-0.15, -0.1) is 0 Å². The van der Waals surface area contributed by atoms with Gasteiger partial charge in [0.25, 0.3) is 0 Å². The molecule has 0 aliphatic heterocycles. The van der Waals surface area contributed by atoms with E-state index in [1.165, 1.54) is 0 Å². The predicted octanol–water partition coefficient (Wildman–Crippen LogP) is 0.184. The molecule has 0 unspecified atom stereocenters. The second-order valence-electron chi connectivity index (χ2n) is 3.59. The summed E-state index contributed by atoms with van der Waals surface area (Å²) in [6.45, 7) is 4.21. The Morgan fingerprint density at radius 2 is 2.06 bits per heavy atom. The second kappa shape index (κ2) is 5.22. The van der Waals surface area contributed by atoms with E-state index < -0.39 is 10.0 Å². The van der Waals surface area contributed by atoms with Crippen molar-refractivity contribution in [1.82, 2.24) is 9.97 Å². The normalized spacial score (nSPS) is 11.4. The van der Waals surface area contributed by atoms with Gasteiger partial charge in [0.05, 0.1) is 5.75 Å². The lowest BCUT2D eigenvalue weighted by atomic mass is 10.4. The fraction of sp³-hybridized carbons (Fsp3) is 0.556. The van der Waals surface area contributed by atoms with Crippen molar-refractivity contribution in [3.05, 3.63) is 17.6 Å². The number of sulfonamides is 1. The minimum Gasteiger partial charge on any atom is -0.370 e. The number of aromatic nitrogens is 2. The Morgan fingerprint density at radius 1 is 1.38 bits per heavy atom. The van der Waals surface area contributed by atoms with Gasteiger partial charge in [0.2, 0.25) is 10.0 Å². The van der Waals surface area contributed by atoms with Crippen LogP contribution in [0, 0.1) is 13.8 Å². The van der Waals surface area contributed by atoms with Crippen molar-refractivity contribution in [3.63, 3.8) is 0 Å². The van der Waals surface area contributed by atoms with Crippen LogP contribution in [-0.2, 0) is 10.0 Å². The fourth-order valence-electron chi connectivity index (χ4n) is 1.30. The molecular formula is C9H16N4O2S. The summed E-state index contributed by atoms with van der Waals surface area (Å²) >= 11 is 0. The minimum absolute atomic E-state index is 0.0248. The molecule has 0 bridgehead atoms. The molecule has 7 heteroatoms. The van der Waals surface area contributed by atoms with Crippen LogP contribution >= 0.6 is 0 Å². The molecule has 16 heavy (non-hydrogen) atoms. The zero-order chi connectivity index (χ0) is 12.2. The van der Waals surface area contributed by atoms with Crippen molar-refractivity contribution < 1.29 is 8.42 Å². The first kappa shape index (κ1) is 12.9. The molecule has 0 fully saturated rings. The largest absolute Gasteiger partial charge is 0.370 e. The molecule has 0 atom stereocenters. The Labute approximate surface area is 95.3 Å². The number of nitrogens with one attached hydrogen (secondary N) is 1. The Bertz CT molecular complexity index is 438. The third-order valence-corrected chi connectivity index (χ3v) is 2.74. The molecule has 0 saturated heterocycles. The molecule has 0 radical (unpaired) electrons. The summed E-state index contributed by atoms with van der Waals surface area (Å²) in [5, 5.41) is 7.91. The molecule has 0 saturated carbocycles. The Morgan fingerprint density at radius 3 is 2.62 bits per heavy atom. The first-order valence-electron chi connectivity index (χ1n) is 4.93. The van der Waals surface area contributed by atoms with E-state index in [9.17, 15) is 8.42 Å². The number of hydrogen-bond donors (Lipinski definition) is 2. The number of anilines is 1. The summed E-state index contributed by atoms with van der Waals surface area (Å²) in [6.07, 6.45) is 0.459. The maximum absolute atomic E-state index is 10.7. The van der Waals surface area contributed by atoms with Crippen LogP contribution in [0.15, 0.2) is 6.07 Å². The SMILES string of the molecule is Cc1cc(NCCCS(N)(=O)=O)nc(C)n1. The third-order valence-electron chi connectivity index (χ3n) is 1.88. The molecular weight excluding hydrogens is 228 g/mol. The van der Waals surface area contributed by atoms with Crippen LogP contribution < -0.4 is 10.5 Å². The van der Waals surface area contributed by atoms with Crippen LogP contribution in [0.4, 0.5) is 5.82 Å². The topological polar surface area (TPSA) is 98.0 Å². The lowest BCUT2D eigenvalue weighted by Gasteiger charge is -2.06. The van der Waals surface area contributed by atoms with Crippen LogP contribution in [0.3, 0.4) is 0 Å². The van der Waals surface area contributed by atoms with Crippen molar-refractivity contribution in [3.8, 4) is 0 Å². The molecule has 1 rings (SSSR count). The van der Waals surface area contributed by atoms with Crippen LogP contribution in [0.2, 0.25) is 0 Å². The van der Waals surface area contributed by atoms with Crippen molar-refractivity contribution in [2.24, 2.45) is 5.14 Å². The Hall–Kier alpha value is -1.21. The van der Waals surface area contributed by atoms with E-state index in [4.69, 9.17) is 5.14 Å². The number of primary sulfonamides is 1. The summed E-state index contributed by atoms with van der Waals surface area (Å²) in [5.41, 5.74) is 0.876. The van der Waals surface area contributed by atoms with E-state index >= 15 is 0 Å². The maximum Gasteiger partial charge on any atom is 0.209 e. The quantitative estimate of drug-likeness (QED) is 0.720. The number of rotatable bonds is 5. The first-order chi connectivity index (χ1) is 7.37. The van der Waals surface area contributed by atoms with Crippen LogP contribution in [-0.4, -0.2) is 30.7 Å². The van der Waals surface area contributed by atoms with Crippen LogP contribution in [0.5, 0.6) is 0 Å². The molecule has 1 aromatic heterocycles. The van der Waals surface area contributed by atoms with Gasteiger partial charge >= 0.3 is 0 Å². The van der Waals surface area contributed by atoms with Gasteiger partial charge in [-0.1, -0.05) is 0 Å². The van der Waals surface area contributed by atoms with Crippen LogP contribution in [0.25, 0.3) is 0 Å². The summed E-state index contributed by atoms with van der Waals surface area (Å²) < 4.78 is 21.4.